The minimum absolute atomic E-state index is 0.0789. The van der Waals surface area contributed by atoms with Crippen LogP contribution in [0.5, 0.6) is 0 Å². The first-order chi connectivity index (χ1) is 14.5. The SMILES string of the molecule is CC[C@@H](C)NC(=O)c1cc(NC(=O)[C@H](Cl)c2ccccc2)ccc1N1CCCCC1. The number of alkyl halides is 1. The predicted octanol–water partition coefficient (Wildman–Crippen LogP) is 5.12. The van der Waals surface area contributed by atoms with E-state index in [0.717, 1.165) is 43.6 Å². The van der Waals surface area contributed by atoms with Crippen LogP contribution in [0.2, 0.25) is 0 Å². The van der Waals surface area contributed by atoms with E-state index in [1.165, 1.54) is 6.42 Å². The predicted molar refractivity (Wildman–Crippen MR) is 123 cm³/mol. The highest BCUT2D eigenvalue weighted by atomic mass is 35.5. The number of amides is 2. The Morgan fingerprint density at radius 3 is 2.43 bits per heavy atom. The molecule has 5 nitrogen and oxygen atoms in total. The Bertz CT molecular complexity index is 866. The Labute approximate surface area is 183 Å². The fourth-order valence-corrected chi connectivity index (χ4v) is 3.79. The van der Waals surface area contributed by atoms with E-state index >= 15 is 0 Å². The van der Waals surface area contributed by atoms with E-state index in [1.54, 1.807) is 6.07 Å². The molecule has 1 heterocycles. The summed E-state index contributed by atoms with van der Waals surface area (Å²) in [4.78, 5) is 27.9. The molecule has 160 valence electrons. The number of nitrogens with zero attached hydrogens (tertiary/aromatic N) is 1. The lowest BCUT2D eigenvalue weighted by Gasteiger charge is -2.31. The monoisotopic (exact) mass is 427 g/mol. The van der Waals surface area contributed by atoms with E-state index in [-0.39, 0.29) is 17.9 Å². The van der Waals surface area contributed by atoms with E-state index in [2.05, 4.69) is 15.5 Å². The second-order valence-corrected chi connectivity index (χ2v) is 8.26. The zero-order valence-electron chi connectivity index (χ0n) is 17.7. The summed E-state index contributed by atoms with van der Waals surface area (Å²) in [6.45, 7) is 5.90. The van der Waals surface area contributed by atoms with Crippen molar-refractivity contribution in [2.75, 3.05) is 23.3 Å². The van der Waals surface area contributed by atoms with E-state index < -0.39 is 5.38 Å². The van der Waals surface area contributed by atoms with Crippen LogP contribution in [0.15, 0.2) is 48.5 Å². The van der Waals surface area contributed by atoms with Crippen molar-refractivity contribution in [2.24, 2.45) is 0 Å². The van der Waals surface area contributed by atoms with Gasteiger partial charge in [-0.3, -0.25) is 9.59 Å². The third-order valence-electron chi connectivity index (χ3n) is 5.52. The van der Waals surface area contributed by atoms with Crippen LogP contribution in [-0.2, 0) is 4.79 Å². The number of hydrogen-bond acceptors (Lipinski definition) is 3. The average molecular weight is 428 g/mol. The second kappa shape index (κ2) is 10.5. The molecule has 1 aliphatic rings. The maximum Gasteiger partial charge on any atom is 0.253 e. The summed E-state index contributed by atoms with van der Waals surface area (Å²) in [5, 5.41) is 5.11. The van der Waals surface area contributed by atoms with Gasteiger partial charge < -0.3 is 15.5 Å². The number of carbonyl (C=O) groups excluding carboxylic acids is 2. The Hall–Kier alpha value is -2.53. The van der Waals surface area contributed by atoms with Gasteiger partial charge in [-0.25, -0.2) is 0 Å². The minimum atomic E-state index is -0.801. The zero-order chi connectivity index (χ0) is 21.5. The summed E-state index contributed by atoms with van der Waals surface area (Å²) in [6, 6.07) is 14.8. The van der Waals surface area contributed by atoms with Crippen molar-refractivity contribution in [3.05, 3.63) is 59.7 Å². The highest BCUT2D eigenvalue weighted by Gasteiger charge is 2.22. The van der Waals surface area contributed by atoms with E-state index in [4.69, 9.17) is 11.6 Å². The van der Waals surface area contributed by atoms with Gasteiger partial charge in [-0.2, -0.15) is 0 Å². The van der Waals surface area contributed by atoms with Gasteiger partial charge in [0.1, 0.15) is 5.38 Å². The minimum Gasteiger partial charge on any atom is -0.371 e. The third-order valence-corrected chi connectivity index (χ3v) is 5.97. The van der Waals surface area contributed by atoms with Crippen LogP contribution in [0, 0.1) is 0 Å². The van der Waals surface area contributed by atoms with Crippen LogP contribution in [0.25, 0.3) is 0 Å². The maximum absolute atomic E-state index is 13.0. The number of hydrogen-bond donors (Lipinski definition) is 2. The molecule has 6 heteroatoms. The number of anilines is 2. The molecule has 1 saturated heterocycles. The average Bonchev–Trinajstić information content (AvgIpc) is 2.79. The van der Waals surface area contributed by atoms with Gasteiger partial charge in [0.2, 0.25) is 5.91 Å². The van der Waals surface area contributed by atoms with E-state index in [0.29, 0.717) is 11.3 Å². The molecule has 0 aliphatic carbocycles. The van der Waals surface area contributed by atoms with Crippen molar-refractivity contribution in [3.8, 4) is 0 Å². The van der Waals surface area contributed by atoms with E-state index in [1.807, 2.05) is 56.3 Å². The van der Waals surface area contributed by atoms with Crippen LogP contribution in [-0.4, -0.2) is 30.9 Å². The lowest BCUT2D eigenvalue weighted by atomic mass is 10.0. The molecule has 0 aromatic heterocycles. The van der Waals surface area contributed by atoms with Gasteiger partial charge in [0.15, 0.2) is 0 Å². The fourth-order valence-electron chi connectivity index (χ4n) is 3.59. The van der Waals surface area contributed by atoms with Crippen molar-refractivity contribution >= 4 is 34.8 Å². The van der Waals surface area contributed by atoms with Crippen molar-refractivity contribution in [1.29, 1.82) is 0 Å². The number of benzene rings is 2. The smallest absolute Gasteiger partial charge is 0.253 e. The first kappa shape index (κ1) is 22.2. The summed E-state index contributed by atoms with van der Waals surface area (Å²) >= 11 is 6.35. The molecule has 2 aromatic rings. The quantitative estimate of drug-likeness (QED) is 0.602. The van der Waals surface area contributed by atoms with E-state index in [9.17, 15) is 9.59 Å². The van der Waals surface area contributed by atoms with Crippen molar-refractivity contribution in [1.82, 2.24) is 5.32 Å². The number of halogens is 1. The molecule has 0 spiro atoms. The third kappa shape index (κ3) is 5.54. The Balaban J connectivity index is 1.83. The molecule has 3 rings (SSSR count). The molecule has 0 radical (unpaired) electrons. The van der Waals surface area contributed by atoms with Gasteiger partial charge in [0.25, 0.3) is 5.91 Å². The molecule has 2 atom stereocenters. The van der Waals surface area contributed by atoms with Crippen molar-refractivity contribution < 1.29 is 9.59 Å². The highest BCUT2D eigenvalue weighted by molar-refractivity contribution is 6.32. The molecule has 2 amide bonds. The summed E-state index contributed by atoms with van der Waals surface area (Å²) in [5.41, 5.74) is 2.80. The molecule has 0 saturated carbocycles. The van der Waals surface area contributed by atoms with Gasteiger partial charge >= 0.3 is 0 Å². The van der Waals surface area contributed by atoms with Gasteiger partial charge in [-0.1, -0.05) is 37.3 Å². The molecule has 0 bridgehead atoms. The largest absolute Gasteiger partial charge is 0.371 e. The van der Waals surface area contributed by atoms with Crippen molar-refractivity contribution in [2.45, 2.75) is 50.9 Å². The van der Waals surface area contributed by atoms with Crippen LogP contribution in [0.3, 0.4) is 0 Å². The summed E-state index contributed by atoms with van der Waals surface area (Å²) in [6.07, 6.45) is 4.31. The lowest BCUT2D eigenvalue weighted by Crippen LogP contribution is -2.35. The topological polar surface area (TPSA) is 61.4 Å². The van der Waals surface area contributed by atoms with Crippen molar-refractivity contribution in [3.63, 3.8) is 0 Å². The van der Waals surface area contributed by atoms with Crippen LogP contribution in [0.4, 0.5) is 11.4 Å². The first-order valence-electron chi connectivity index (χ1n) is 10.7. The summed E-state index contributed by atoms with van der Waals surface area (Å²) in [7, 11) is 0. The number of piperidine rings is 1. The highest BCUT2D eigenvalue weighted by Crippen LogP contribution is 2.29. The summed E-state index contributed by atoms with van der Waals surface area (Å²) in [5.74, 6) is -0.437. The number of rotatable bonds is 7. The normalized spacial score (nSPS) is 15.9. The molecule has 1 aliphatic heterocycles. The van der Waals surface area contributed by atoms with Crippen LogP contribution in [0.1, 0.15) is 60.8 Å². The molecule has 2 N–H and O–H groups in total. The van der Waals surface area contributed by atoms with Gasteiger partial charge in [-0.05, 0) is 56.4 Å². The zero-order valence-corrected chi connectivity index (χ0v) is 18.4. The van der Waals surface area contributed by atoms with Gasteiger partial charge in [0.05, 0.1) is 5.56 Å². The van der Waals surface area contributed by atoms with Gasteiger partial charge in [-0.15, -0.1) is 11.6 Å². The lowest BCUT2D eigenvalue weighted by molar-refractivity contribution is -0.116. The molecule has 0 unspecified atom stereocenters. The summed E-state index contributed by atoms with van der Waals surface area (Å²) < 4.78 is 0. The number of carbonyl (C=O) groups is 2. The Morgan fingerprint density at radius 2 is 1.77 bits per heavy atom. The standard InChI is InChI=1S/C24H30ClN3O2/c1-3-17(2)26-23(29)20-16-19(12-13-21(20)28-14-8-5-9-15-28)27-24(30)22(25)18-10-6-4-7-11-18/h4,6-7,10-13,16-17,22H,3,5,8-9,14-15H2,1-2H3,(H,26,29)(H,27,30)/t17-,22-/m1/s1. The maximum atomic E-state index is 13.0. The molecule has 30 heavy (non-hydrogen) atoms. The molecule has 2 aromatic carbocycles. The second-order valence-electron chi connectivity index (χ2n) is 7.82. The fraction of sp³-hybridized carbons (Fsp3) is 0.417. The van der Waals surface area contributed by atoms with Gasteiger partial charge in [0, 0.05) is 30.5 Å². The number of nitrogens with one attached hydrogen (secondary N) is 2. The van der Waals surface area contributed by atoms with Crippen LogP contribution < -0.4 is 15.5 Å². The Kier molecular flexibility index (Phi) is 7.75. The molecular formula is C24H30ClN3O2. The molecular weight excluding hydrogens is 398 g/mol. The van der Waals surface area contributed by atoms with Crippen LogP contribution >= 0.6 is 11.6 Å². The Morgan fingerprint density at radius 1 is 1.07 bits per heavy atom. The molecule has 1 fully saturated rings. The first-order valence-corrected chi connectivity index (χ1v) is 11.1.